The summed E-state index contributed by atoms with van der Waals surface area (Å²) in [6, 6.07) is 17.4. The molecule has 0 radical (unpaired) electrons. The van der Waals surface area contributed by atoms with Crippen LogP contribution in [0.25, 0.3) is 21.5 Å². The second-order valence-corrected chi connectivity index (χ2v) is 6.82. The summed E-state index contributed by atoms with van der Waals surface area (Å²) in [4.78, 5) is 16.8. The zero-order chi connectivity index (χ0) is 17.2. The highest BCUT2D eigenvalue weighted by Gasteiger charge is 2.14. The average molecular weight is 349 g/mol. The smallest absolute Gasteiger partial charge is 0.273 e. The minimum atomic E-state index is -0.277. The van der Waals surface area contributed by atoms with Crippen LogP contribution in [0.5, 0.6) is 0 Å². The Balaban J connectivity index is 1.45. The molecule has 0 unspecified atom stereocenters. The number of benzene rings is 2. The van der Waals surface area contributed by atoms with Crippen LogP contribution in [-0.2, 0) is 6.54 Å². The summed E-state index contributed by atoms with van der Waals surface area (Å²) in [5.74, 6) is 0.298. The molecule has 0 bridgehead atoms. The summed E-state index contributed by atoms with van der Waals surface area (Å²) < 4.78 is 6.39. The Morgan fingerprint density at radius 3 is 2.76 bits per heavy atom. The Bertz CT molecular complexity index is 1000. The van der Waals surface area contributed by atoms with Crippen molar-refractivity contribution in [2.75, 3.05) is 0 Å². The topological polar surface area (TPSA) is 68.0 Å². The minimum Gasteiger partial charge on any atom is -0.355 e. The van der Waals surface area contributed by atoms with Crippen molar-refractivity contribution in [3.8, 4) is 11.3 Å². The van der Waals surface area contributed by atoms with Crippen LogP contribution in [0.4, 0.5) is 0 Å². The van der Waals surface area contributed by atoms with E-state index < -0.39 is 0 Å². The standard InChI is InChI=1S/C19H15N3O2S/c1-12-6-8-13(9-7-12)16-10-15(22-24-16)19(23)20-11-18-21-14-4-2-3-5-17(14)25-18/h2-10H,11H2,1H3,(H,20,23). The Morgan fingerprint density at radius 1 is 1.16 bits per heavy atom. The van der Waals surface area contributed by atoms with Crippen LogP contribution in [0.3, 0.4) is 0 Å². The first-order valence-electron chi connectivity index (χ1n) is 7.85. The lowest BCUT2D eigenvalue weighted by Gasteiger charge is -1.98. The van der Waals surface area contributed by atoms with Gasteiger partial charge in [0.15, 0.2) is 11.5 Å². The number of hydrogen-bond acceptors (Lipinski definition) is 5. The molecule has 0 atom stereocenters. The third-order valence-corrected chi connectivity index (χ3v) is 4.85. The lowest BCUT2D eigenvalue weighted by molar-refractivity contribution is 0.0942. The van der Waals surface area contributed by atoms with Gasteiger partial charge in [0.2, 0.25) is 0 Å². The van der Waals surface area contributed by atoms with Gasteiger partial charge < -0.3 is 9.84 Å². The number of para-hydroxylation sites is 1. The lowest BCUT2D eigenvalue weighted by Crippen LogP contribution is -2.22. The number of nitrogens with zero attached hydrogens (tertiary/aromatic N) is 2. The predicted molar refractivity (Wildman–Crippen MR) is 97.5 cm³/mol. The van der Waals surface area contributed by atoms with Gasteiger partial charge in [0, 0.05) is 11.6 Å². The van der Waals surface area contributed by atoms with E-state index in [9.17, 15) is 4.79 Å². The van der Waals surface area contributed by atoms with Gasteiger partial charge in [-0.05, 0) is 19.1 Å². The first-order chi connectivity index (χ1) is 12.2. The highest BCUT2D eigenvalue weighted by Crippen LogP contribution is 2.22. The van der Waals surface area contributed by atoms with Gasteiger partial charge >= 0.3 is 0 Å². The number of thiazole rings is 1. The summed E-state index contributed by atoms with van der Waals surface area (Å²) >= 11 is 1.57. The Morgan fingerprint density at radius 2 is 1.96 bits per heavy atom. The second kappa shape index (κ2) is 6.49. The summed E-state index contributed by atoms with van der Waals surface area (Å²) in [6.07, 6.45) is 0. The SMILES string of the molecule is Cc1ccc(-c2cc(C(=O)NCc3nc4ccccc4s3)no2)cc1. The van der Waals surface area contributed by atoms with Crippen LogP contribution in [0.2, 0.25) is 0 Å². The first-order valence-corrected chi connectivity index (χ1v) is 8.67. The van der Waals surface area contributed by atoms with E-state index in [0.29, 0.717) is 12.3 Å². The van der Waals surface area contributed by atoms with Gasteiger partial charge in [-0.2, -0.15) is 0 Å². The molecule has 2 aromatic carbocycles. The van der Waals surface area contributed by atoms with E-state index in [-0.39, 0.29) is 11.6 Å². The fourth-order valence-electron chi connectivity index (χ4n) is 2.48. The lowest BCUT2D eigenvalue weighted by atomic mass is 10.1. The fraction of sp³-hybridized carbons (Fsp3) is 0.105. The molecule has 25 heavy (non-hydrogen) atoms. The zero-order valence-electron chi connectivity index (χ0n) is 13.5. The molecule has 124 valence electrons. The molecular weight excluding hydrogens is 334 g/mol. The highest BCUT2D eigenvalue weighted by atomic mass is 32.1. The summed E-state index contributed by atoms with van der Waals surface area (Å²) in [5, 5.41) is 7.56. The van der Waals surface area contributed by atoms with Crippen LogP contribution >= 0.6 is 11.3 Å². The highest BCUT2D eigenvalue weighted by molar-refractivity contribution is 7.18. The molecule has 4 aromatic rings. The molecule has 5 nitrogen and oxygen atoms in total. The molecule has 1 N–H and O–H groups in total. The van der Waals surface area contributed by atoms with Crippen molar-refractivity contribution in [3.63, 3.8) is 0 Å². The van der Waals surface area contributed by atoms with E-state index in [1.54, 1.807) is 17.4 Å². The van der Waals surface area contributed by atoms with Gasteiger partial charge in [-0.1, -0.05) is 47.1 Å². The second-order valence-electron chi connectivity index (χ2n) is 5.70. The Kier molecular flexibility index (Phi) is 4.03. The average Bonchev–Trinajstić information content (AvgIpc) is 3.27. The number of nitrogens with one attached hydrogen (secondary N) is 1. The van der Waals surface area contributed by atoms with E-state index in [2.05, 4.69) is 15.5 Å². The number of amides is 1. The molecule has 0 spiro atoms. The zero-order valence-corrected chi connectivity index (χ0v) is 14.3. The molecule has 0 fully saturated rings. The molecule has 1 amide bonds. The maximum Gasteiger partial charge on any atom is 0.273 e. The number of hydrogen-bond donors (Lipinski definition) is 1. The molecule has 0 saturated carbocycles. The molecule has 4 rings (SSSR count). The molecular formula is C19H15N3O2S. The molecule has 0 aliphatic carbocycles. The van der Waals surface area contributed by atoms with Gasteiger partial charge in [-0.3, -0.25) is 4.79 Å². The molecule has 2 heterocycles. The van der Waals surface area contributed by atoms with Gasteiger partial charge in [0.25, 0.3) is 5.91 Å². The molecule has 0 aliphatic heterocycles. The van der Waals surface area contributed by atoms with E-state index in [1.165, 1.54) is 0 Å². The van der Waals surface area contributed by atoms with Gasteiger partial charge in [-0.15, -0.1) is 11.3 Å². The quantitative estimate of drug-likeness (QED) is 0.600. The largest absolute Gasteiger partial charge is 0.355 e. The van der Waals surface area contributed by atoms with Gasteiger partial charge in [0.05, 0.1) is 16.8 Å². The third-order valence-electron chi connectivity index (χ3n) is 3.82. The molecule has 6 heteroatoms. The van der Waals surface area contributed by atoms with Crippen LogP contribution in [-0.4, -0.2) is 16.0 Å². The van der Waals surface area contributed by atoms with Crippen molar-refractivity contribution >= 4 is 27.5 Å². The van der Waals surface area contributed by atoms with Crippen LogP contribution < -0.4 is 5.32 Å². The van der Waals surface area contributed by atoms with Crippen LogP contribution in [0, 0.1) is 6.92 Å². The summed E-state index contributed by atoms with van der Waals surface area (Å²) in [7, 11) is 0. The van der Waals surface area contributed by atoms with Crippen molar-refractivity contribution in [2.45, 2.75) is 13.5 Å². The Labute approximate surface area is 148 Å². The van der Waals surface area contributed by atoms with Gasteiger partial charge in [-0.25, -0.2) is 4.98 Å². The minimum absolute atomic E-state index is 0.261. The number of carbonyl (C=O) groups excluding carboxylic acids is 1. The van der Waals surface area contributed by atoms with Crippen molar-refractivity contribution in [1.82, 2.24) is 15.5 Å². The van der Waals surface area contributed by atoms with Crippen LogP contribution in [0.15, 0.2) is 59.1 Å². The first kappa shape index (κ1) is 15.5. The molecule has 2 aromatic heterocycles. The normalized spacial score (nSPS) is 10.9. The Hall–Kier alpha value is -2.99. The molecule has 0 saturated heterocycles. The number of aromatic nitrogens is 2. The van der Waals surface area contributed by atoms with E-state index in [4.69, 9.17) is 4.52 Å². The van der Waals surface area contributed by atoms with Crippen molar-refractivity contribution < 1.29 is 9.32 Å². The summed E-state index contributed by atoms with van der Waals surface area (Å²) in [5.41, 5.74) is 3.26. The van der Waals surface area contributed by atoms with E-state index in [1.807, 2.05) is 55.5 Å². The van der Waals surface area contributed by atoms with E-state index >= 15 is 0 Å². The number of aryl methyl sites for hydroxylation is 1. The van der Waals surface area contributed by atoms with Crippen molar-refractivity contribution in [3.05, 3.63) is 70.9 Å². The number of carbonyl (C=O) groups is 1. The monoisotopic (exact) mass is 349 g/mol. The number of fused-ring (bicyclic) bond motifs is 1. The van der Waals surface area contributed by atoms with Crippen molar-refractivity contribution in [2.24, 2.45) is 0 Å². The predicted octanol–water partition coefficient (Wildman–Crippen LogP) is 4.19. The van der Waals surface area contributed by atoms with Gasteiger partial charge in [0.1, 0.15) is 5.01 Å². The van der Waals surface area contributed by atoms with Crippen LogP contribution in [0.1, 0.15) is 21.1 Å². The molecule has 0 aliphatic rings. The van der Waals surface area contributed by atoms with E-state index in [0.717, 1.165) is 26.4 Å². The number of rotatable bonds is 4. The summed E-state index contributed by atoms with van der Waals surface area (Å²) in [6.45, 7) is 2.38. The maximum absolute atomic E-state index is 12.3. The maximum atomic E-state index is 12.3. The van der Waals surface area contributed by atoms with Crippen molar-refractivity contribution in [1.29, 1.82) is 0 Å². The fourth-order valence-corrected chi connectivity index (χ4v) is 3.39. The third kappa shape index (κ3) is 3.29.